The smallest absolute Gasteiger partial charge is 0.244 e. The van der Waals surface area contributed by atoms with Crippen molar-refractivity contribution in [1.82, 2.24) is 19.7 Å². The van der Waals surface area contributed by atoms with Crippen LogP contribution in [0.5, 0.6) is 0 Å². The number of nitrogens with zero attached hydrogens (tertiary/aromatic N) is 4. The second-order valence-electron chi connectivity index (χ2n) is 5.94. The average molecular weight is 332 g/mol. The molecule has 23 heavy (non-hydrogen) atoms. The van der Waals surface area contributed by atoms with E-state index in [-0.39, 0.29) is 18.2 Å². The Balaban J connectivity index is 1.77. The first-order valence-corrected chi connectivity index (χ1v) is 8.58. The van der Waals surface area contributed by atoms with Crippen LogP contribution in [0.3, 0.4) is 0 Å². The Morgan fingerprint density at radius 3 is 2.65 bits per heavy atom. The first-order chi connectivity index (χ1) is 11.0. The van der Waals surface area contributed by atoms with Crippen molar-refractivity contribution in [3.05, 3.63) is 33.5 Å². The number of carbonyl (C=O) groups is 2. The summed E-state index contributed by atoms with van der Waals surface area (Å²) in [5.41, 5.74) is 2.06. The highest BCUT2D eigenvalue weighted by molar-refractivity contribution is 7.09. The largest absolute Gasteiger partial charge is 0.331 e. The second-order valence-corrected chi connectivity index (χ2v) is 6.92. The molecule has 1 aliphatic rings. The Bertz CT molecular complexity index is 732. The summed E-state index contributed by atoms with van der Waals surface area (Å²) in [6.45, 7) is 5.90. The third kappa shape index (κ3) is 3.34. The molecule has 122 valence electrons. The van der Waals surface area contributed by atoms with E-state index in [1.54, 1.807) is 29.1 Å². The van der Waals surface area contributed by atoms with E-state index in [0.717, 1.165) is 23.5 Å². The lowest BCUT2D eigenvalue weighted by Gasteiger charge is -2.21. The first-order valence-electron chi connectivity index (χ1n) is 7.70. The topological polar surface area (TPSA) is 68.1 Å². The summed E-state index contributed by atoms with van der Waals surface area (Å²) in [7, 11) is 0. The van der Waals surface area contributed by atoms with Crippen molar-refractivity contribution in [3.63, 3.8) is 0 Å². The van der Waals surface area contributed by atoms with Crippen molar-refractivity contribution >= 4 is 23.0 Å². The van der Waals surface area contributed by atoms with Crippen LogP contribution in [0.25, 0.3) is 0 Å². The molecular weight excluding hydrogens is 312 g/mol. The number of ketones is 1. The number of rotatable bonds is 6. The number of hydrogen-bond donors (Lipinski definition) is 0. The maximum absolute atomic E-state index is 12.7. The molecule has 0 atom stereocenters. The van der Waals surface area contributed by atoms with Crippen molar-refractivity contribution in [2.75, 3.05) is 0 Å². The zero-order valence-corrected chi connectivity index (χ0v) is 14.4. The highest BCUT2D eigenvalue weighted by atomic mass is 32.1. The van der Waals surface area contributed by atoms with Crippen LogP contribution in [0.15, 0.2) is 11.6 Å². The van der Waals surface area contributed by atoms with Gasteiger partial charge in [0.05, 0.1) is 17.8 Å². The zero-order valence-electron chi connectivity index (χ0n) is 13.6. The molecule has 1 aliphatic carbocycles. The van der Waals surface area contributed by atoms with Gasteiger partial charge < -0.3 is 4.90 Å². The predicted molar refractivity (Wildman–Crippen MR) is 87.4 cm³/mol. The van der Waals surface area contributed by atoms with E-state index in [2.05, 4.69) is 10.1 Å². The number of thiazole rings is 1. The zero-order chi connectivity index (χ0) is 16.6. The van der Waals surface area contributed by atoms with Crippen LogP contribution in [0, 0.1) is 13.8 Å². The normalized spacial score (nSPS) is 14.0. The average Bonchev–Trinajstić information content (AvgIpc) is 3.11. The van der Waals surface area contributed by atoms with Crippen LogP contribution in [-0.2, 0) is 17.9 Å². The molecule has 0 bridgehead atoms. The van der Waals surface area contributed by atoms with Gasteiger partial charge in [0.15, 0.2) is 5.78 Å². The maximum atomic E-state index is 12.7. The van der Waals surface area contributed by atoms with Gasteiger partial charge in [-0.2, -0.15) is 5.10 Å². The van der Waals surface area contributed by atoms with Gasteiger partial charge in [0.2, 0.25) is 5.91 Å². The van der Waals surface area contributed by atoms with E-state index in [4.69, 9.17) is 0 Å². The molecule has 6 nitrogen and oxygen atoms in total. The predicted octanol–water partition coefficient (Wildman–Crippen LogP) is 2.35. The highest BCUT2D eigenvalue weighted by Gasteiger charge is 2.33. The molecule has 0 aliphatic heterocycles. The van der Waals surface area contributed by atoms with Crippen molar-refractivity contribution < 1.29 is 9.59 Å². The molecule has 1 fully saturated rings. The van der Waals surface area contributed by atoms with Crippen molar-refractivity contribution in [3.8, 4) is 0 Å². The van der Waals surface area contributed by atoms with Crippen LogP contribution < -0.4 is 0 Å². The minimum absolute atomic E-state index is 0.0134. The molecule has 0 unspecified atom stereocenters. The number of hydrogen-bond acceptors (Lipinski definition) is 5. The number of carbonyl (C=O) groups excluding carboxylic acids is 2. The molecule has 1 amide bonds. The lowest BCUT2D eigenvalue weighted by Crippen LogP contribution is -2.35. The number of aromatic nitrogens is 3. The first kappa shape index (κ1) is 15.9. The molecule has 2 heterocycles. The molecule has 7 heteroatoms. The summed E-state index contributed by atoms with van der Waals surface area (Å²) >= 11 is 1.56. The van der Waals surface area contributed by atoms with E-state index in [9.17, 15) is 9.59 Å². The Kier molecular flexibility index (Phi) is 4.30. The third-order valence-electron chi connectivity index (χ3n) is 4.12. The van der Waals surface area contributed by atoms with Crippen LogP contribution in [0.4, 0.5) is 0 Å². The molecular formula is C16H20N4O2S. The van der Waals surface area contributed by atoms with Gasteiger partial charge in [0.25, 0.3) is 0 Å². The van der Waals surface area contributed by atoms with Gasteiger partial charge in [-0.3, -0.25) is 14.3 Å². The summed E-state index contributed by atoms with van der Waals surface area (Å²) < 4.78 is 1.64. The van der Waals surface area contributed by atoms with Gasteiger partial charge in [-0.15, -0.1) is 11.3 Å². The van der Waals surface area contributed by atoms with Gasteiger partial charge in [0, 0.05) is 23.3 Å². The number of aryl methyl sites for hydroxylation is 1. The van der Waals surface area contributed by atoms with Crippen LogP contribution in [-0.4, -0.2) is 37.4 Å². The van der Waals surface area contributed by atoms with Gasteiger partial charge in [0.1, 0.15) is 11.6 Å². The fraction of sp³-hybridized carbons (Fsp3) is 0.500. The molecule has 2 aromatic heterocycles. The molecule has 1 saturated carbocycles. The molecule has 0 saturated heterocycles. The standard InChI is InChI=1S/C16H20N4O2S/c1-10-16(12(3)21)11(2)20(18-10)9-15(22)19(13-4-5-13)8-14-17-6-7-23-14/h6-7,13H,4-5,8-9H2,1-3H3. The van der Waals surface area contributed by atoms with Gasteiger partial charge >= 0.3 is 0 Å². The Morgan fingerprint density at radius 1 is 1.39 bits per heavy atom. The van der Waals surface area contributed by atoms with Gasteiger partial charge in [-0.25, -0.2) is 4.98 Å². The molecule has 0 radical (unpaired) electrons. The number of Topliss-reactive ketones (excluding diaryl/α,β-unsaturated/α-hetero) is 1. The van der Waals surface area contributed by atoms with Gasteiger partial charge in [-0.1, -0.05) is 0 Å². The monoisotopic (exact) mass is 332 g/mol. The Labute approximate surface area is 139 Å². The second kappa shape index (κ2) is 6.23. The number of amides is 1. The van der Waals surface area contributed by atoms with Crippen LogP contribution in [0.2, 0.25) is 0 Å². The summed E-state index contributed by atoms with van der Waals surface area (Å²) in [4.78, 5) is 30.6. The van der Waals surface area contributed by atoms with Crippen LogP contribution in [0.1, 0.15) is 46.5 Å². The lowest BCUT2D eigenvalue weighted by molar-refractivity contribution is -0.133. The summed E-state index contributed by atoms with van der Waals surface area (Å²) in [5.74, 6) is 0.0175. The summed E-state index contributed by atoms with van der Waals surface area (Å²) in [5, 5.41) is 7.23. The van der Waals surface area contributed by atoms with E-state index in [0.29, 0.717) is 23.8 Å². The molecule has 0 aromatic carbocycles. The van der Waals surface area contributed by atoms with Crippen molar-refractivity contribution in [2.24, 2.45) is 0 Å². The fourth-order valence-electron chi connectivity index (χ4n) is 2.86. The van der Waals surface area contributed by atoms with E-state index in [1.807, 2.05) is 17.2 Å². The highest BCUT2D eigenvalue weighted by Crippen LogP contribution is 2.29. The van der Waals surface area contributed by atoms with E-state index < -0.39 is 0 Å². The third-order valence-corrected chi connectivity index (χ3v) is 4.88. The van der Waals surface area contributed by atoms with Crippen molar-refractivity contribution in [1.29, 1.82) is 0 Å². The van der Waals surface area contributed by atoms with E-state index in [1.165, 1.54) is 6.92 Å². The minimum Gasteiger partial charge on any atom is -0.331 e. The molecule has 2 aromatic rings. The Morgan fingerprint density at radius 2 is 2.13 bits per heavy atom. The SMILES string of the molecule is CC(=O)c1c(C)nn(CC(=O)N(Cc2nccs2)C2CC2)c1C. The minimum atomic E-state index is -0.0134. The summed E-state index contributed by atoms with van der Waals surface area (Å²) in [6, 6.07) is 0.315. The van der Waals surface area contributed by atoms with Gasteiger partial charge in [-0.05, 0) is 33.6 Å². The lowest BCUT2D eigenvalue weighted by atomic mass is 10.1. The molecule has 0 spiro atoms. The maximum Gasteiger partial charge on any atom is 0.244 e. The molecule has 0 N–H and O–H groups in total. The molecule has 3 rings (SSSR count). The van der Waals surface area contributed by atoms with Crippen molar-refractivity contribution in [2.45, 2.75) is 52.7 Å². The summed E-state index contributed by atoms with van der Waals surface area (Å²) in [6.07, 6.45) is 3.86. The quantitative estimate of drug-likeness (QED) is 0.762. The fourth-order valence-corrected chi connectivity index (χ4v) is 3.48. The van der Waals surface area contributed by atoms with E-state index >= 15 is 0 Å². The Hall–Kier alpha value is -2.02. The van der Waals surface area contributed by atoms with Crippen LogP contribution >= 0.6 is 11.3 Å².